The molecule has 0 spiro atoms. The highest BCUT2D eigenvalue weighted by Gasteiger charge is 2.05. The highest BCUT2D eigenvalue weighted by molar-refractivity contribution is 5.84. The monoisotopic (exact) mass is 190 g/mol. The summed E-state index contributed by atoms with van der Waals surface area (Å²) < 4.78 is 10.4. The zero-order valence-electron chi connectivity index (χ0n) is 7.82. The Morgan fingerprint density at radius 3 is 3.07 bits per heavy atom. The molecule has 2 aromatic rings. The number of benzene rings is 1. The van der Waals surface area contributed by atoms with Crippen LogP contribution in [0.3, 0.4) is 0 Å². The molecule has 0 radical (unpaired) electrons. The van der Waals surface area contributed by atoms with Gasteiger partial charge in [0.05, 0.1) is 13.4 Å². The van der Waals surface area contributed by atoms with Gasteiger partial charge in [-0.2, -0.15) is 0 Å². The van der Waals surface area contributed by atoms with Gasteiger partial charge >= 0.3 is 0 Å². The lowest BCUT2D eigenvalue weighted by Gasteiger charge is -1.97. The number of hydrogen-bond acceptors (Lipinski definition) is 3. The van der Waals surface area contributed by atoms with Gasteiger partial charge in [-0.05, 0) is 12.1 Å². The van der Waals surface area contributed by atoms with Crippen molar-refractivity contribution in [1.29, 1.82) is 0 Å². The van der Waals surface area contributed by atoms with Crippen molar-refractivity contribution in [3.05, 3.63) is 30.0 Å². The van der Waals surface area contributed by atoms with Crippen LogP contribution in [-0.2, 0) is 11.2 Å². The highest BCUT2D eigenvalue weighted by atomic mass is 16.5. The zero-order valence-corrected chi connectivity index (χ0v) is 7.82. The first-order valence-corrected chi connectivity index (χ1v) is 4.33. The third-order valence-electron chi connectivity index (χ3n) is 2.17. The van der Waals surface area contributed by atoms with E-state index in [2.05, 4.69) is 0 Å². The summed E-state index contributed by atoms with van der Waals surface area (Å²) in [5, 5.41) is 0.970. The molecule has 0 aliphatic heterocycles. The van der Waals surface area contributed by atoms with Crippen LogP contribution in [0, 0.1) is 0 Å². The van der Waals surface area contributed by atoms with E-state index in [1.54, 1.807) is 13.4 Å². The highest BCUT2D eigenvalue weighted by Crippen LogP contribution is 2.25. The van der Waals surface area contributed by atoms with Crippen LogP contribution in [0.5, 0.6) is 5.75 Å². The van der Waals surface area contributed by atoms with E-state index in [-0.39, 0.29) is 0 Å². The minimum atomic E-state index is 0.388. The van der Waals surface area contributed by atoms with Crippen LogP contribution in [0.4, 0.5) is 0 Å². The van der Waals surface area contributed by atoms with Crippen molar-refractivity contribution >= 4 is 17.3 Å². The summed E-state index contributed by atoms with van der Waals surface area (Å²) in [6, 6.07) is 5.56. The summed E-state index contributed by atoms with van der Waals surface area (Å²) in [4.78, 5) is 10.4. The number of fused-ring (bicyclic) bond motifs is 1. The van der Waals surface area contributed by atoms with Crippen LogP contribution in [0.2, 0.25) is 0 Å². The molecule has 1 heterocycles. The summed E-state index contributed by atoms with van der Waals surface area (Å²) in [6.45, 7) is 0. The van der Waals surface area contributed by atoms with Crippen LogP contribution in [0.1, 0.15) is 5.56 Å². The molecule has 0 saturated carbocycles. The van der Waals surface area contributed by atoms with Gasteiger partial charge in [-0.25, -0.2) is 0 Å². The maximum Gasteiger partial charge on any atom is 0.137 e. The topological polar surface area (TPSA) is 39.4 Å². The van der Waals surface area contributed by atoms with Gasteiger partial charge in [0, 0.05) is 23.4 Å². The van der Waals surface area contributed by atoms with Crippen molar-refractivity contribution in [3.8, 4) is 5.75 Å². The maximum absolute atomic E-state index is 10.4. The smallest absolute Gasteiger partial charge is 0.137 e. The molecule has 1 aromatic heterocycles. The fourth-order valence-corrected chi connectivity index (χ4v) is 1.44. The minimum Gasteiger partial charge on any atom is -0.497 e. The Morgan fingerprint density at radius 2 is 2.36 bits per heavy atom. The van der Waals surface area contributed by atoms with Crippen LogP contribution in [0.25, 0.3) is 11.0 Å². The molecule has 1 aromatic carbocycles. The molecular weight excluding hydrogens is 180 g/mol. The van der Waals surface area contributed by atoms with Crippen molar-refractivity contribution in [2.24, 2.45) is 0 Å². The Hall–Kier alpha value is -1.77. The molecule has 0 saturated heterocycles. The summed E-state index contributed by atoms with van der Waals surface area (Å²) >= 11 is 0. The molecule has 0 N–H and O–H groups in total. The Labute approximate surface area is 81.3 Å². The Morgan fingerprint density at radius 1 is 1.50 bits per heavy atom. The largest absolute Gasteiger partial charge is 0.497 e. The number of rotatable bonds is 3. The molecule has 0 amide bonds. The van der Waals surface area contributed by atoms with Crippen LogP contribution >= 0.6 is 0 Å². The second-order valence-electron chi connectivity index (χ2n) is 2.99. The van der Waals surface area contributed by atoms with E-state index in [4.69, 9.17) is 9.15 Å². The Kier molecular flexibility index (Phi) is 2.23. The molecule has 0 atom stereocenters. The average Bonchev–Trinajstić information content (AvgIpc) is 2.61. The first kappa shape index (κ1) is 8.81. The van der Waals surface area contributed by atoms with Gasteiger partial charge < -0.3 is 13.9 Å². The van der Waals surface area contributed by atoms with Gasteiger partial charge in [0.1, 0.15) is 17.6 Å². The van der Waals surface area contributed by atoms with E-state index in [9.17, 15) is 4.79 Å². The molecule has 0 bridgehead atoms. The fraction of sp³-hybridized carbons (Fsp3) is 0.182. The molecule has 0 fully saturated rings. The molecule has 0 aliphatic rings. The van der Waals surface area contributed by atoms with Gasteiger partial charge in [0.15, 0.2) is 0 Å². The third-order valence-corrected chi connectivity index (χ3v) is 2.17. The van der Waals surface area contributed by atoms with E-state index in [0.717, 1.165) is 28.6 Å². The average molecular weight is 190 g/mol. The molecule has 14 heavy (non-hydrogen) atoms. The van der Waals surface area contributed by atoms with Crippen molar-refractivity contribution in [3.63, 3.8) is 0 Å². The number of carbonyl (C=O) groups excluding carboxylic acids is 1. The van der Waals surface area contributed by atoms with E-state index in [1.165, 1.54) is 0 Å². The maximum atomic E-state index is 10.4. The molecule has 72 valence electrons. The summed E-state index contributed by atoms with van der Waals surface area (Å²) in [5.74, 6) is 0.754. The first-order valence-electron chi connectivity index (χ1n) is 4.33. The molecule has 0 unspecified atom stereocenters. The van der Waals surface area contributed by atoms with Crippen molar-refractivity contribution in [2.45, 2.75) is 6.42 Å². The van der Waals surface area contributed by atoms with Gasteiger partial charge in [-0.3, -0.25) is 0 Å². The van der Waals surface area contributed by atoms with E-state index in [0.29, 0.717) is 6.42 Å². The number of carbonyl (C=O) groups is 1. The number of aldehydes is 1. The predicted octanol–water partition coefficient (Wildman–Crippen LogP) is 2.18. The van der Waals surface area contributed by atoms with E-state index in [1.807, 2.05) is 18.2 Å². The molecule has 2 rings (SSSR count). The minimum absolute atomic E-state index is 0.388. The van der Waals surface area contributed by atoms with Gasteiger partial charge in [-0.1, -0.05) is 0 Å². The number of methoxy groups -OCH3 is 1. The summed E-state index contributed by atoms with van der Waals surface area (Å²) in [7, 11) is 1.61. The number of ether oxygens (including phenoxy) is 1. The summed E-state index contributed by atoms with van der Waals surface area (Å²) in [6.07, 6.45) is 2.87. The normalized spacial score (nSPS) is 10.4. The summed E-state index contributed by atoms with van der Waals surface area (Å²) in [5.41, 5.74) is 1.67. The SMILES string of the molecule is COc1ccc2c(CC=O)coc2c1. The lowest BCUT2D eigenvalue weighted by Crippen LogP contribution is -1.84. The van der Waals surface area contributed by atoms with Gasteiger partial charge in [-0.15, -0.1) is 0 Å². The Balaban J connectivity index is 2.53. The van der Waals surface area contributed by atoms with Gasteiger partial charge in [0.2, 0.25) is 0 Å². The standard InChI is InChI=1S/C11H10O3/c1-13-9-2-3-10-8(4-5-12)7-14-11(10)6-9/h2-3,5-7H,4H2,1H3. The zero-order chi connectivity index (χ0) is 9.97. The molecule has 3 heteroatoms. The molecule has 3 nitrogen and oxygen atoms in total. The van der Waals surface area contributed by atoms with Crippen LogP contribution in [0.15, 0.2) is 28.9 Å². The van der Waals surface area contributed by atoms with Crippen molar-refractivity contribution < 1.29 is 13.9 Å². The van der Waals surface area contributed by atoms with Gasteiger partial charge in [0.25, 0.3) is 0 Å². The number of hydrogen-bond donors (Lipinski definition) is 0. The Bertz CT molecular complexity index is 457. The second-order valence-corrected chi connectivity index (χ2v) is 2.99. The molecular formula is C11H10O3. The third kappa shape index (κ3) is 1.37. The lowest BCUT2D eigenvalue weighted by molar-refractivity contribution is -0.107. The lowest BCUT2D eigenvalue weighted by atomic mass is 10.1. The van der Waals surface area contributed by atoms with Crippen molar-refractivity contribution in [1.82, 2.24) is 0 Å². The number of furan rings is 1. The van der Waals surface area contributed by atoms with Crippen LogP contribution < -0.4 is 4.74 Å². The van der Waals surface area contributed by atoms with Crippen molar-refractivity contribution in [2.75, 3.05) is 7.11 Å². The quantitative estimate of drug-likeness (QED) is 0.696. The predicted molar refractivity (Wildman–Crippen MR) is 52.5 cm³/mol. The molecule has 0 aliphatic carbocycles. The van der Waals surface area contributed by atoms with E-state index >= 15 is 0 Å². The van der Waals surface area contributed by atoms with E-state index < -0.39 is 0 Å². The second kappa shape index (κ2) is 3.54. The van der Waals surface area contributed by atoms with Crippen LogP contribution in [-0.4, -0.2) is 13.4 Å². The first-order chi connectivity index (χ1) is 6.85. The fourth-order valence-electron chi connectivity index (χ4n) is 1.44.